The quantitative estimate of drug-likeness (QED) is 0.349. The number of methoxy groups -OCH3 is 1. The zero-order valence-electron chi connectivity index (χ0n) is 12.2. The third-order valence-corrected chi connectivity index (χ3v) is 2.76. The highest BCUT2D eigenvalue weighted by Crippen LogP contribution is 2.37. The number of terminal acetylenes is 1. The summed E-state index contributed by atoms with van der Waals surface area (Å²) in [7, 11) is 1.44. The predicted octanol–water partition coefficient (Wildman–Crippen LogP) is 2.83. The minimum absolute atomic E-state index is 0.0392. The molecule has 1 rings (SSSR count). The molecule has 114 valence electrons. The molecule has 0 saturated carbocycles. The Balaban J connectivity index is 3.22. The molecule has 0 saturated heterocycles. The molecule has 0 aliphatic heterocycles. The van der Waals surface area contributed by atoms with Crippen LogP contribution in [0.5, 0.6) is 11.5 Å². The number of esters is 1. The summed E-state index contributed by atoms with van der Waals surface area (Å²) in [6.07, 6.45) is 6.50. The van der Waals surface area contributed by atoms with E-state index in [0.29, 0.717) is 17.1 Å². The van der Waals surface area contributed by atoms with E-state index in [2.05, 4.69) is 5.92 Å². The maximum Gasteiger partial charge on any atom is 0.348 e. The van der Waals surface area contributed by atoms with Crippen LogP contribution >= 0.6 is 11.6 Å². The summed E-state index contributed by atoms with van der Waals surface area (Å²) in [4.78, 5) is 11.6. The summed E-state index contributed by atoms with van der Waals surface area (Å²) in [5.41, 5.74) is 0.358. The van der Waals surface area contributed by atoms with Gasteiger partial charge in [0.1, 0.15) is 18.2 Å². The second-order valence-electron chi connectivity index (χ2n) is 3.92. The minimum atomic E-state index is -0.701. The number of nitriles is 1. The van der Waals surface area contributed by atoms with Gasteiger partial charge in [0, 0.05) is 0 Å². The van der Waals surface area contributed by atoms with Crippen LogP contribution in [0.25, 0.3) is 6.08 Å². The standard InChI is InChI=1S/C16H14ClNO4/c1-4-6-22-15-13(17)8-11(9-14(15)20-3)7-12(10-18)16(19)21-5-2/h1,7-9H,5-6H2,2-3H3. The van der Waals surface area contributed by atoms with Gasteiger partial charge in [-0.1, -0.05) is 17.5 Å². The normalized spacial score (nSPS) is 10.3. The first-order chi connectivity index (χ1) is 10.6. The number of hydrogen-bond donors (Lipinski definition) is 0. The molecule has 0 radical (unpaired) electrons. The molecule has 1 aromatic rings. The monoisotopic (exact) mass is 319 g/mol. The average molecular weight is 320 g/mol. The molecule has 0 heterocycles. The van der Waals surface area contributed by atoms with Crippen molar-refractivity contribution in [3.05, 3.63) is 28.3 Å². The first-order valence-electron chi connectivity index (χ1n) is 6.30. The number of nitrogens with zero attached hydrogens (tertiary/aromatic N) is 1. The lowest BCUT2D eigenvalue weighted by molar-refractivity contribution is -0.137. The van der Waals surface area contributed by atoms with Gasteiger partial charge < -0.3 is 14.2 Å². The molecular formula is C16H14ClNO4. The fourth-order valence-corrected chi connectivity index (χ4v) is 1.86. The van der Waals surface area contributed by atoms with E-state index in [0.717, 1.165) is 0 Å². The average Bonchev–Trinajstić information content (AvgIpc) is 2.51. The maximum absolute atomic E-state index is 11.6. The molecule has 0 bridgehead atoms. The summed E-state index contributed by atoms with van der Waals surface area (Å²) >= 11 is 6.11. The van der Waals surface area contributed by atoms with Crippen LogP contribution < -0.4 is 9.47 Å². The number of halogens is 1. The zero-order chi connectivity index (χ0) is 16.5. The van der Waals surface area contributed by atoms with Crippen LogP contribution in [0.3, 0.4) is 0 Å². The van der Waals surface area contributed by atoms with Crippen molar-refractivity contribution in [2.45, 2.75) is 6.92 Å². The van der Waals surface area contributed by atoms with Crippen LogP contribution in [0.2, 0.25) is 5.02 Å². The molecule has 0 fully saturated rings. The van der Waals surface area contributed by atoms with Gasteiger partial charge in [-0.15, -0.1) is 6.42 Å². The molecule has 0 aliphatic rings. The fraction of sp³-hybridized carbons (Fsp3) is 0.250. The Morgan fingerprint density at radius 1 is 1.50 bits per heavy atom. The van der Waals surface area contributed by atoms with Crippen LogP contribution in [0.1, 0.15) is 12.5 Å². The van der Waals surface area contributed by atoms with Crippen LogP contribution in [0, 0.1) is 23.7 Å². The highest BCUT2D eigenvalue weighted by Gasteiger charge is 2.14. The molecule has 0 atom stereocenters. The van der Waals surface area contributed by atoms with E-state index in [9.17, 15) is 4.79 Å². The molecule has 0 unspecified atom stereocenters. The minimum Gasteiger partial charge on any atom is -0.493 e. The van der Waals surface area contributed by atoms with Gasteiger partial charge in [0.15, 0.2) is 11.5 Å². The molecule has 1 aromatic carbocycles. The van der Waals surface area contributed by atoms with Gasteiger partial charge in [0.25, 0.3) is 0 Å². The largest absolute Gasteiger partial charge is 0.493 e. The molecular weight excluding hydrogens is 306 g/mol. The van der Waals surface area contributed by atoms with E-state index >= 15 is 0 Å². The fourth-order valence-electron chi connectivity index (χ4n) is 1.59. The first kappa shape index (κ1) is 17.4. The van der Waals surface area contributed by atoms with Gasteiger partial charge in [-0.3, -0.25) is 0 Å². The van der Waals surface area contributed by atoms with Crippen molar-refractivity contribution in [1.82, 2.24) is 0 Å². The predicted molar refractivity (Wildman–Crippen MR) is 82.6 cm³/mol. The van der Waals surface area contributed by atoms with Crippen molar-refractivity contribution in [3.63, 3.8) is 0 Å². The Bertz CT molecular complexity index is 668. The molecule has 5 nitrogen and oxygen atoms in total. The van der Waals surface area contributed by atoms with E-state index in [1.54, 1.807) is 19.1 Å². The van der Waals surface area contributed by atoms with Gasteiger partial charge in [-0.05, 0) is 30.7 Å². The van der Waals surface area contributed by atoms with Gasteiger partial charge >= 0.3 is 5.97 Å². The lowest BCUT2D eigenvalue weighted by Crippen LogP contribution is -2.06. The zero-order valence-corrected chi connectivity index (χ0v) is 12.9. The molecule has 22 heavy (non-hydrogen) atoms. The summed E-state index contributed by atoms with van der Waals surface area (Å²) < 4.78 is 15.3. The number of carbonyl (C=O) groups excluding carboxylic acids is 1. The third-order valence-electron chi connectivity index (χ3n) is 2.48. The molecule has 6 heteroatoms. The molecule has 0 spiro atoms. The van der Waals surface area contributed by atoms with Crippen LogP contribution in [0.15, 0.2) is 17.7 Å². The van der Waals surface area contributed by atoms with Crippen molar-refractivity contribution in [1.29, 1.82) is 5.26 Å². The molecule has 0 N–H and O–H groups in total. The van der Waals surface area contributed by atoms with Crippen LogP contribution in [0.4, 0.5) is 0 Å². The second-order valence-corrected chi connectivity index (χ2v) is 4.32. The Morgan fingerprint density at radius 2 is 2.23 bits per heavy atom. The smallest absolute Gasteiger partial charge is 0.348 e. The van der Waals surface area contributed by atoms with Gasteiger partial charge in [0.05, 0.1) is 18.7 Å². The number of rotatable bonds is 6. The Labute approximate surface area is 134 Å². The molecule has 0 aliphatic carbocycles. The Hall–Kier alpha value is -2.63. The summed E-state index contributed by atoms with van der Waals surface area (Å²) in [6.45, 7) is 1.88. The Kier molecular flexibility index (Phi) is 6.82. The van der Waals surface area contributed by atoms with E-state index < -0.39 is 5.97 Å². The topological polar surface area (TPSA) is 68.5 Å². The second kappa shape index (κ2) is 8.61. The van der Waals surface area contributed by atoms with E-state index in [-0.39, 0.29) is 23.8 Å². The summed E-state index contributed by atoms with van der Waals surface area (Å²) in [6, 6.07) is 4.90. The van der Waals surface area contributed by atoms with Gasteiger partial charge in [-0.25, -0.2) is 4.79 Å². The molecule has 0 aromatic heterocycles. The third kappa shape index (κ3) is 4.44. The molecule has 0 amide bonds. The maximum atomic E-state index is 11.6. The van der Waals surface area contributed by atoms with Crippen molar-refractivity contribution in [2.75, 3.05) is 20.3 Å². The highest BCUT2D eigenvalue weighted by atomic mass is 35.5. The van der Waals surface area contributed by atoms with E-state index in [1.807, 2.05) is 0 Å². The number of carbonyl (C=O) groups is 1. The van der Waals surface area contributed by atoms with E-state index in [1.165, 1.54) is 19.3 Å². The van der Waals surface area contributed by atoms with Crippen molar-refractivity contribution in [2.24, 2.45) is 0 Å². The number of hydrogen-bond acceptors (Lipinski definition) is 5. The van der Waals surface area contributed by atoms with Crippen molar-refractivity contribution in [3.8, 4) is 29.9 Å². The highest BCUT2D eigenvalue weighted by molar-refractivity contribution is 6.32. The summed E-state index contributed by atoms with van der Waals surface area (Å²) in [5, 5.41) is 9.27. The van der Waals surface area contributed by atoms with E-state index in [4.69, 9.17) is 37.5 Å². The first-order valence-corrected chi connectivity index (χ1v) is 6.67. The van der Waals surface area contributed by atoms with Crippen molar-refractivity contribution < 1.29 is 19.0 Å². The van der Waals surface area contributed by atoms with Crippen molar-refractivity contribution >= 4 is 23.6 Å². The summed E-state index contributed by atoms with van der Waals surface area (Å²) in [5.74, 6) is 2.27. The SMILES string of the molecule is C#CCOc1c(Cl)cc(C=C(C#N)C(=O)OCC)cc1OC. The Morgan fingerprint density at radius 3 is 2.77 bits per heavy atom. The van der Waals surface area contributed by atoms with Crippen LogP contribution in [-0.4, -0.2) is 26.3 Å². The van der Waals surface area contributed by atoms with Gasteiger partial charge in [-0.2, -0.15) is 5.26 Å². The lowest BCUT2D eigenvalue weighted by Gasteiger charge is -2.11. The number of benzene rings is 1. The van der Waals surface area contributed by atoms with Gasteiger partial charge in [0.2, 0.25) is 0 Å². The number of ether oxygens (including phenoxy) is 3. The lowest BCUT2D eigenvalue weighted by atomic mass is 10.1. The van der Waals surface area contributed by atoms with Crippen LogP contribution in [-0.2, 0) is 9.53 Å².